The highest BCUT2D eigenvalue weighted by atomic mass is 14.8. The van der Waals surface area contributed by atoms with Crippen LogP contribution in [0.15, 0.2) is 46.4 Å². The zero-order valence-corrected chi connectivity index (χ0v) is 23.8. The van der Waals surface area contributed by atoms with Crippen molar-refractivity contribution in [2.45, 2.75) is 119 Å². The fourth-order valence-electron chi connectivity index (χ4n) is 4.52. The predicted molar refractivity (Wildman–Crippen MR) is 161 cm³/mol. The lowest BCUT2D eigenvalue weighted by Crippen LogP contribution is -2.12. The molecule has 0 aliphatic heterocycles. The zero-order valence-electron chi connectivity index (χ0n) is 23.8. The molecule has 0 unspecified atom stereocenters. The maximum atomic E-state index is 5.16. The molecule has 194 valence electrons. The Labute approximate surface area is 221 Å². The first-order valence-electron chi connectivity index (χ1n) is 14.5. The number of nitrogens with zero attached hydrogens (tertiary/aromatic N) is 2. The third kappa shape index (κ3) is 9.42. The van der Waals surface area contributed by atoms with Crippen LogP contribution in [0, 0.1) is 11.8 Å². The smallest absolute Gasteiger partial charge is 0.135 e. The standard InChI is InChI=1S/C34H48N2/c1-7-13-15-16-17-18-20-34(36-32-24-22-28(10-4)30(12-6)26-32)33(19-14-8-2)35-31-23-21-27(9-3)29(11-5)25-31/h21-26H,7-17,19H2,1-6H3. The summed E-state index contributed by atoms with van der Waals surface area (Å²) in [6.45, 7) is 13.4. The van der Waals surface area contributed by atoms with E-state index in [1.807, 2.05) is 0 Å². The summed E-state index contributed by atoms with van der Waals surface area (Å²) in [4.78, 5) is 10.3. The first-order valence-corrected chi connectivity index (χ1v) is 14.5. The van der Waals surface area contributed by atoms with Crippen LogP contribution in [0.25, 0.3) is 0 Å². The molecule has 0 radical (unpaired) electrons. The Hall–Kier alpha value is -2.66. The average molecular weight is 485 g/mol. The molecule has 0 saturated carbocycles. The number of aliphatic imine (C=N–C) groups is 2. The number of benzene rings is 2. The fourth-order valence-corrected chi connectivity index (χ4v) is 4.52. The van der Waals surface area contributed by atoms with Crippen LogP contribution in [0.4, 0.5) is 11.4 Å². The van der Waals surface area contributed by atoms with E-state index in [2.05, 4.69) is 89.8 Å². The van der Waals surface area contributed by atoms with Crippen LogP contribution in [0.5, 0.6) is 0 Å². The Morgan fingerprint density at radius 3 is 1.69 bits per heavy atom. The Morgan fingerprint density at radius 2 is 1.17 bits per heavy atom. The molecular formula is C34H48N2. The highest BCUT2D eigenvalue weighted by Crippen LogP contribution is 2.23. The minimum Gasteiger partial charge on any atom is -0.251 e. The lowest BCUT2D eigenvalue weighted by atomic mass is 10.0. The van der Waals surface area contributed by atoms with E-state index in [4.69, 9.17) is 9.98 Å². The van der Waals surface area contributed by atoms with Gasteiger partial charge in [-0.05, 0) is 97.4 Å². The van der Waals surface area contributed by atoms with Crippen molar-refractivity contribution < 1.29 is 0 Å². The van der Waals surface area contributed by atoms with Gasteiger partial charge in [-0.2, -0.15) is 0 Å². The minimum absolute atomic E-state index is 0.836. The zero-order chi connectivity index (χ0) is 26.2. The van der Waals surface area contributed by atoms with E-state index >= 15 is 0 Å². The van der Waals surface area contributed by atoms with E-state index in [1.165, 1.54) is 41.5 Å². The van der Waals surface area contributed by atoms with E-state index in [9.17, 15) is 0 Å². The number of hydrogen-bond donors (Lipinski definition) is 0. The van der Waals surface area contributed by atoms with Crippen molar-refractivity contribution in [3.05, 3.63) is 58.7 Å². The lowest BCUT2D eigenvalue weighted by molar-refractivity contribution is 0.680. The number of rotatable bonds is 14. The van der Waals surface area contributed by atoms with Gasteiger partial charge in [-0.25, -0.2) is 4.99 Å². The number of unbranched alkanes of at least 4 members (excludes halogenated alkanes) is 5. The molecule has 2 rings (SSSR count). The summed E-state index contributed by atoms with van der Waals surface area (Å²) in [5, 5.41) is 0. The maximum Gasteiger partial charge on any atom is 0.135 e. The van der Waals surface area contributed by atoms with Crippen LogP contribution in [0.2, 0.25) is 0 Å². The molecule has 0 bridgehead atoms. The molecule has 2 nitrogen and oxygen atoms in total. The molecular weight excluding hydrogens is 436 g/mol. The van der Waals surface area contributed by atoms with Gasteiger partial charge in [-0.15, -0.1) is 0 Å². The molecule has 0 amide bonds. The lowest BCUT2D eigenvalue weighted by Gasteiger charge is -2.10. The molecule has 2 aromatic carbocycles. The normalized spacial score (nSPS) is 11.9. The maximum absolute atomic E-state index is 5.16. The molecule has 0 saturated heterocycles. The monoisotopic (exact) mass is 484 g/mol. The van der Waals surface area contributed by atoms with Gasteiger partial charge in [0.15, 0.2) is 0 Å². The van der Waals surface area contributed by atoms with Gasteiger partial charge < -0.3 is 0 Å². The van der Waals surface area contributed by atoms with Crippen molar-refractivity contribution in [3.63, 3.8) is 0 Å². The van der Waals surface area contributed by atoms with Crippen molar-refractivity contribution in [1.82, 2.24) is 0 Å². The summed E-state index contributed by atoms with van der Waals surface area (Å²) in [6, 6.07) is 13.3. The van der Waals surface area contributed by atoms with E-state index in [0.29, 0.717) is 0 Å². The van der Waals surface area contributed by atoms with Gasteiger partial charge >= 0.3 is 0 Å². The second kappa shape index (κ2) is 16.9. The van der Waals surface area contributed by atoms with Gasteiger partial charge in [0, 0.05) is 6.42 Å². The van der Waals surface area contributed by atoms with Crippen LogP contribution >= 0.6 is 0 Å². The Balaban J connectivity index is 2.54. The van der Waals surface area contributed by atoms with Gasteiger partial charge in [0.05, 0.1) is 17.1 Å². The number of hydrogen-bond acceptors (Lipinski definition) is 2. The van der Waals surface area contributed by atoms with Gasteiger partial charge in [0.25, 0.3) is 0 Å². The minimum atomic E-state index is 0.836. The highest BCUT2D eigenvalue weighted by molar-refractivity contribution is 6.49. The highest BCUT2D eigenvalue weighted by Gasteiger charge is 2.10. The largest absolute Gasteiger partial charge is 0.251 e. The van der Waals surface area contributed by atoms with Crippen LogP contribution < -0.4 is 0 Å². The fraction of sp³-hybridized carbons (Fsp3) is 0.529. The van der Waals surface area contributed by atoms with Gasteiger partial charge in [-0.3, -0.25) is 4.99 Å². The molecule has 0 spiro atoms. The summed E-state index contributed by atoms with van der Waals surface area (Å²) in [5.74, 6) is 6.90. The summed E-state index contributed by atoms with van der Waals surface area (Å²) in [5.41, 5.74) is 9.43. The first-order chi connectivity index (χ1) is 17.6. The molecule has 0 fully saturated rings. The van der Waals surface area contributed by atoms with Crippen LogP contribution in [0.3, 0.4) is 0 Å². The van der Waals surface area contributed by atoms with Crippen LogP contribution in [0.1, 0.15) is 115 Å². The summed E-state index contributed by atoms with van der Waals surface area (Å²) >= 11 is 0. The second-order valence-electron chi connectivity index (χ2n) is 9.56. The molecule has 0 N–H and O–H groups in total. The molecule has 2 aromatic rings. The molecule has 0 aliphatic carbocycles. The Kier molecular flexibility index (Phi) is 13.9. The number of aryl methyl sites for hydroxylation is 4. The van der Waals surface area contributed by atoms with Crippen molar-refractivity contribution in [3.8, 4) is 11.8 Å². The Bertz CT molecular complexity index is 1060. The summed E-state index contributed by atoms with van der Waals surface area (Å²) in [6.07, 6.45) is 13.1. The van der Waals surface area contributed by atoms with Gasteiger partial charge in [-0.1, -0.05) is 85.3 Å². The SMILES string of the molecule is CCCCCCC#CC(=Nc1ccc(CC)c(CC)c1)C(CCCC)=Nc1ccc(CC)c(CC)c1. The van der Waals surface area contributed by atoms with Crippen LogP contribution in [-0.2, 0) is 25.7 Å². The Morgan fingerprint density at radius 1 is 0.611 bits per heavy atom. The molecule has 2 heteroatoms. The third-order valence-corrected chi connectivity index (χ3v) is 6.81. The van der Waals surface area contributed by atoms with Crippen LogP contribution in [-0.4, -0.2) is 11.4 Å². The van der Waals surface area contributed by atoms with Crippen molar-refractivity contribution in [2.75, 3.05) is 0 Å². The van der Waals surface area contributed by atoms with Gasteiger partial charge in [0.1, 0.15) is 5.71 Å². The van der Waals surface area contributed by atoms with Crippen molar-refractivity contribution in [1.29, 1.82) is 0 Å². The van der Waals surface area contributed by atoms with E-state index in [0.717, 1.165) is 80.6 Å². The van der Waals surface area contributed by atoms with E-state index in [-0.39, 0.29) is 0 Å². The molecule has 0 atom stereocenters. The first kappa shape index (κ1) is 29.6. The quantitative estimate of drug-likeness (QED) is 0.145. The van der Waals surface area contributed by atoms with E-state index in [1.54, 1.807) is 0 Å². The molecule has 0 heterocycles. The summed E-state index contributed by atoms with van der Waals surface area (Å²) < 4.78 is 0. The topological polar surface area (TPSA) is 24.7 Å². The molecule has 36 heavy (non-hydrogen) atoms. The third-order valence-electron chi connectivity index (χ3n) is 6.81. The summed E-state index contributed by atoms with van der Waals surface area (Å²) in [7, 11) is 0. The van der Waals surface area contributed by atoms with Crippen molar-refractivity contribution >= 4 is 22.8 Å². The van der Waals surface area contributed by atoms with Gasteiger partial charge in [0.2, 0.25) is 0 Å². The molecule has 0 aliphatic rings. The van der Waals surface area contributed by atoms with E-state index < -0.39 is 0 Å². The predicted octanol–water partition coefficient (Wildman–Crippen LogP) is 9.95. The average Bonchev–Trinajstić information content (AvgIpc) is 2.91. The van der Waals surface area contributed by atoms with Crippen molar-refractivity contribution in [2.24, 2.45) is 9.98 Å². The second-order valence-corrected chi connectivity index (χ2v) is 9.56. The molecule has 0 aromatic heterocycles.